The van der Waals surface area contributed by atoms with Crippen LogP contribution in [-0.4, -0.2) is 47.9 Å². The number of rotatable bonds is 8. The lowest BCUT2D eigenvalue weighted by atomic mass is 9.86. The van der Waals surface area contributed by atoms with Gasteiger partial charge in [-0.3, -0.25) is 4.98 Å². The van der Waals surface area contributed by atoms with Crippen molar-refractivity contribution in [2.45, 2.75) is 57.3 Å². The summed E-state index contributed by atoms with van der Waals surface area (Å²) in [5.74, 6) is -0.0116. The van der Waals surface area contributed by atoms with Gasteiger partial charge in [0.25, 0.3) is 0 Å². The number of fused-ring (bicyclic) bond motifs is 1. The molecule has 1 aliphatic heterocycles. The first-order chi connectivity index (χ1) is 21.3. The molecule has 1 unspecified atom stereocenters. The highest BCUT2D eigenvalue weighted by Crippen LogP contribution is 2.45. The van der Waals surface area contributed by atoms with Gasteiger partial charge in [-0.25, -0.2) is 18.2 Å². The highest BCUT2D eigenvalue weighted by molar-refractivity contribution is 7.90. The second-order valence-electron chi connectivity index (χ2n) is 12.3. The number of hydrogen-bond acceptors (Lipinski definition) is 8. The summed E-state index contributed by atoms with van der Waals surface area (Å²) in [6.07, 6.45) is 2.43. The van der Waals surface area contributed by atoms with Crippen molar-refractivity contribution in [3.05, 3.63) is 89.1 Å². The minimum Gasteiger partial charge on any atom is -0.493 e. The fraction of sp³-hybridized carbons (Fsp3) is 0.286. The number of carboxylic acids is 1. The largest absolute Gasteiger partial charge is 0.493 e. The summed E-state index contributed by atoms with van der Waals surface area (Å²) in [7, 11) is -3.36. The summed E-state index contributed by atoms with van der Waals surface area (Å²) in [6.45, 7) is 8.04. The summed E-state index contributed by atoms with van der Waals surface area (Å²) < 4.78 is 42.2. The Morgan fingerprint density at radius 1 is 1.09 bits per heavy atom. The van der Waals surface area contributed by atoms with Crippen molar-refractivity contribution in [2.75, 3.05) is 12.9 Å². The average Bonchev–Trinajstić information content (AvgIpc) is 2.98. The lowest BCUT2D eigenvalue weighted by molar-refractivity contribution is -0.160. The fourth-order valence-corrected chi connectivity index (χ4v) is 6.52. The van der Waals surface area contributed by atoms with Crippen LogP contribution in [0.4, 0.5) is 0 Å². The fourth-order valence-electron chi connectivity index (χ4n) is 5.82. The van der Waals surface area contributed by atoms with Crippen LogP contribution in [0.2, 0.25) is 0 Å². The molecule has 0 aliphatic carbocycles. The van der Waals surface area contributed by atoms with Crippen molar-refractivity contribution in [1.29, 1.82) is 0 Å². The number of benzene rings is 3. The third-order valence-electron chi connectivity index (χ3n) is 7.73. The normalized spacial score (nSPS) is 13.9. The Morgan fingerprint density at radius 2 is 1.89 bits per heavy atom. The third-order valence-corrected chi connectivity index (χ3v) is 8.84. The monoisotopic (exact) mass is 626 g/mol. The molecule has 0 bridgehead atoms. The first kappa shape index (κ1) is 30.5. The molecule has 1 aliphatic rings. The Hall–Kier alpha value is -4.54. The Balaban J connectivity index is 1.53. The number of carboxylic acid groups (broad SMARTS) is 1. The molecule has 0 fully saturated rings. The van der Waals surface area contributed by atoms with Crippen molar-refractivity contribution < 1.29 is 32.5 Å². The minimum atomic E-state index is -3.36. The van der Waals surface area contributed by atoms with E-state index < -0.39 is 27.5 Å². The van der Waals surface area contributed by atoms with E-state index in [4.69, 9.17) is 24.2 Å². The van der Waals surface area contributed by atoms with Gasteiger partial charge in [0, 0.05) is 46.8 Å². The van der Waals surface area contributed by atoms with Crippen LogP contribution in [0, 0.1) is 6.92 Å². The molecule has 1 N–H and O–H groups in total. The predicted molar refractivity (Wildman–Crippen MR) is 172 cm³/mol. The van der Waals surface area contributed by atoms with Crippen molar-refractivity contribution in [3.63, 3.8) is 0 Å². The van der Waals surface area contributed by atoms with Crippen LogP contribution in [0.5, 0.6) is 11.6 Å². The molecule has 3 heterocycles. The molecule has 5 aromatic rings. The predicted octanol–water partition coefficient (Wildman–Crippen LogP) is 6.62. The van der Waals surface area contributed by atoms with E-state index in [1.165, 1.54) is 6.26 Å². The smallest absolute Gasteiger partial charge is 0.337 e. The molecule has 0 spiro atoms. The number of aliphatic carboxylic acids is 1. The standard InChI is InChI=1S/C35H34N2O7S/c1-20-17-26-24(10-12-28(37-26)43-19-21-7-6-8-23(18-21)45(5,40)41)31(29(20)33(34(38)39)44-35(2,3)4)25-9-11-27-30-22(14-16-42-27)13-15-36-32(25)30/h6-13,15,17-18,33H,14,16,19H2,1-5H3,(H,38,39). The Labute approximate surface area is 261 Å². The average molecular weight is 627 g/mol. The van der Waals surface area contributed by atoms with Gasteiger partial charge in [-0.2, -0.15) is 0 Å². The van der Waals surface area contributed by atoms with E-state index in [0.717, 1.165) is 28.7 Å². The number of aromatic nitrogens is 2. The molecule has 2 aromatic heterocycles. The van der Waals surface area contributed by atoms with E-state index in [1.807, 2.05) is 58.0 Å². The summed E-state index contributed by atoms with van der Waals surface area (Å²) >= 11 is 0. The maximum Gasteiger partial charge on any atom is 0.337 e. The molecular formula is C35H34N2O7S. The van der Waals surface area contributed by atoms with Crippen LogP contribution in [0.15, 0.2) is 71.8 Å². The maximum absolute atomic E-state index is 12.8. The zero-order chi connectivity index (χ0) is 32.1. The number of pyridine rings is 2. The van der Waals surface area contributed by atoms with Gasteiger partial charge in [0.15, 0.2) is 15.9 Å². The zero-order valence-electron chi connectivity index (χ0n) is 25.7. The lowest BCUT2D eigenvalue weighted by Gasteiger charge is -2.29. The molecule has 1 atom stereocenters. The molecule has 9 nitrogen and oxygen atoms in total. The quantitative estimate of drug-likeness (QED) is 0.202. The molecule has 45 heavy (non-hydrogen) atoms. The molecule has 3 aromatic carbocycles. The van der Waals surface area contributed by atoms with Gasteiger partial charge in [0.05, 0.1) is 28.1 Å². The molecule has 0 saturated heterocycles. The van der Waals surface area contributed by atoms with Crippen LogP contribution in [0.3, 0.4) is 0 Å². The number of nitrogens with zero attached hydrogens (tertiary/aromatic N) is 2. The van der Waals surface area contributed by atoms with E-state index in [1.54, 1.807) is 36.5 Å². The van der Waals surface area contributed by atoms with Gasteiger partial charge in [-0.15, -0.1) is 0 Å². The second kappa shape index (κ2) is 11.4. The summed E-state index contributed by atoms with van der Waals surface area (Å²) in [5.41, 5.74) is 5.02. The number of hydrogen-bond donors (Lipinski definition) is 1. The highest BCUT2D eigenvalue weighted by atomic mass is 32.2. The third kappa shape index (κ3) is 6.08. The summed E-state index contributed by atoms with van der Waals surface area (Å²) in [5, 5.41) is 12.1. The van der Waals surface area contributed by atoms with Gasteiger partial charge >= 0.3 is 5.97 Å². The number of carbonyl (C=O) groups is 1. The van der Waals surface area contributed by atoms with Gasteiger partial charge in [-0.1, -0.05) is 12.1 Å². The van der Waals surface area contributed by atoms with Crippen LogP contribution in [0.25, 0.3) is 32.9 Å². The van der Waals surface area contributed by atoms with E-state index >= 15 is 0 Å². The van der Waals surface area contributed by atoms with Crippen LogP contribution in [-0.2, 0) is 32.4 Å². The highest BCUT2D eigenvalue weighted by Gasteiger charge is 2.33. The van der Waals surface area contributed by atoms with Crippen LogP contribution >= 0.6 is 0 Å². The zero-order valence-corrected chi connectivity index (χ0v) is 26.6. The van der Waals surface area contributed by atoms with Crippen molar-refractivity contribution in [1.82, 2.24) is 9.97 Å². The molecule has 232 valence electrons. The van der Waals surface area contributed by atoms with Crippen LogP contribution in [0.1, 0.15) is 49.1 Å². The first-order valence-corrected chi connectivity index (χ1v) is 16.5. The molecular weight excluding hydrogens is 592 g/mol. The topological polar surface area (TPSA) is 125 Å². The number of aryl methyl sites for hydroxylation is 1. The molecule has 6 rings (SSSR count). The van der Waals surface area contributed by atoms with Gasteiger partial charge in [0.1, 0.15) is 12.4 Å². The minimum absolute atomic E-state index is 0.116. The molecule has 0 radical (unpaired) electrons. The van der Waals surface area contributed by atoms with Gasteiger partial charge in [-0.05, 0) is 92.4 Å². The second-order valence-corrected chi connectivity index (χ2v) is 14.3. The molecule has 0 saturated carbocycles. The van der Waals surface area contributed by atoms with Gasteiger partial charge in [0.2, 0.25) is 5.88 Å². The molecule has 10 heteroatoms. The number of ether oxygens (including phenoxy) is 3. The SMILES string of the molecule is Cc1cc2nc(OCc3cccc(S(C)(=O)=O)c3)ccc2c(-c2ccc3c4c(ccnc24)CCO3)c1C(OC(C)(C)C)C(=O)O. The van der Waals surface area contributed by atoms with E-state index in [9.17, 15) is 18.3 Å². The maximum atomic E-state index is 12.8. The van der Waals surface area contributed by atoms with Crippen molar-refractivity contribution in [3.8, 4) is 22.8 Å². The van der Waals surface area contributed by atoms with Crippen molar-refractivity contribution >= 4 is 37.6 Å². The van der Waals surface area contributed by atoms with E-state index in [-0.39, 0.29) is 11.5 Å². The molecule has 0 amide bonds. The van der Waals surface area contributed by atoms with Gasteiger partial charge < -0.3 is 19.3 Å². The summed E-state index contributed by atoms with van der Waals surface area (Å²) in [4.78, 5) is 22.6. The Morgan fingerprint density at radius 3 is 2.62 bits per heavy atom. The summed E-state index contributed by atoms with van der Waals surface area (Å²) in [6, 6.07) is 17.9. The van der Waals surface area contributed by atoms with E-state index in [2.05, 4.69) is 0 Å². The van der Waals surface area contributed by atoms with E-state index in [0.29, 0.717) is 51.2 Å². The Kier molecular flexibility index (Phi) is 7.74. The number of sulfone groups is 1. The lowest BCUT2D eigenvalue weighted by Crippen LogP contribution is -2.28. The Bertz CT molecular complexity index is 2070. The first-order valence-electron chi connectivity index (χ1n) is 14.6. The van der Waals surface area contributed by atoms with Crippen molar-refractivity contribution in [2.24, 2.45) is 0 Å². The van der Waals surface area contributed by atoms with Crippen LogP contribution < -0.4 is 9.47 Å².